The number of rotatable bonds is 6. The molecule has 0 bridgehead atoms. The molecule has 1 atom stereocenters. The van der Waals surface area contributed by atoms with E-state index in [-0.39, 0.29) is 0 Å². The van der Waals surface area contributed by atoms with Crippen molar-refractivity contribution in [3.05, 3.63) is 65.9 Å². The summed E-state index contributed by atoms with van der Waals surface area (Å²) < 4.78 is 5.53. The Kier molecular flexibility index (Phi) is 5.16. The van der Waals surface area contributed by atoms with Crippen LogP contribution in [0.2, 0.25) is 0 Å². The molecule has 0 saturated heterocycles. The van der Waals surface area contributed by atoms with Crippen LogP contribution in [0.3, 0.4) is 0 Å². The number of aromatic amines is 1. The number of aliphatic hydroxyl groups excluding tert-OH is 1. The average Bonchev–Trinajstić information content (AvgIpc) is 3.04. The van der Waals surface area contributed by atoms with Crippen LogP contribution in [0.1, 0.15) is 17.2 Å². The van der Waals surface area contributed by atoms with Gasteiger partial charge >= 0.3 is 5.97 Å². The fraction of sp³-hybridized carbons (Fsp3) is 0.250. The molecule has 3 rings (SSSR count). The first-order valence-corrected chi connectivity index (χ1v) is 8.24. The summed E-state index contributed by atoms with van der Waals surface area (Å²) >= 11 is 0. The molecular formula is C20H22N2O3. The summed E-state index contributed by atoms with van der Waals surface area (Å²) in [6.07, 6.45) is 1.47. The van der Waals surface area contributed by atoms with E-state index in [1.54, 1.807) is 30.3 Å². The molecule has 130 valence electrons. The number of H-pyrrole nitrogens is 1. The monoisotopic (exact) mass is 338 g/mol. The van der Waals surface area contributed by atoms with Gasteiger partial charge in [0.05, 0.1) is 0 Å². The van der Waals surface area contributed by atoms with E-state index >= 15 is 0 Å². The predicted molar refractivity (Wildman–Crippen MR) is 97.6 cm³/mol. The Hall–Kier alpha value is -2.63. The summed E-state index contributed by atoms with van der Waals surface area (Å²) in [6, 6.07) is 14.3. The second kappa shape index (κ2) is 7.51. The number of carbonyl (C=O) groups is 1. The SMILES string of the molecule is CN(C)CCc1c[nH]c2cccc(OC(=O)C(O)c3ccccc3)c12. The zero-order chi connectivity index (χ0) is 17.8. The van der Waals surface area contributed by atoms with Crippen molar-refractivity contribution < 1.29 is 14.6 Å². The number of fused-ring (bicyclic) bond motifs is 1. The van der Waals surface area contributed by atoms with Gasteiger partial charge in [-0.15, -0.1) is 0 Å². The Morgan fingerprint density at radius 1 is 1.16 bits per heavy atom. The fourth-order valence-electron chi connectivity index (χ4n) is 2.78. The van der Waals surface area contributed by atoms with Gasteiger partial charge in [0, 0.05) is 23.6 Å². The minimum Gasteiger partial charge on any atom is -0.424 e. The third kappa shape index (κ3) is 3.90. The van der Waals surface area contributed by atoms with E-state index < -0.39 is 12.1 Å². The van der Waals surface area contributed by atoms with Gasteiger partial charge in [0.1, 0.15) is 5.75 Å². The molecule has 5 heteroatoms. The molecule has 0 radical (unpaired) electrons. The zero-order valence-electron chi connectivity index (χ0n) is 14.4. The smallest absolute Gasteiger partial charge is 0.345 e. The Balaban J connectivity index is 1.85. The molecule has 1 heterocycles. The molecule has 25 heavy (non-hydrogen) atoms. The van der Waals surface area contributed by atoms with Crippen LogP contribution in [-0.4, -0.2) is 41.6 Å². The summed E-state index contributed by atoms with van der Waals surface area (Å²) in [7, 11) is 4.04. The largest absolute Gasteiger partial charge is 0.424 e. The normalized spacial score (nSPS) is 12.5. The number of likely N-dealkylation sites (N-methyl/N-ethyl adjacent to an activating group) is 1. The van der Waals surface area contributed by atoms with Gasteiger partial charge in [-0.2, -0.15) is 0 Å². The molecule has 3 aromatic rings. The lowest BCUT2D eigenvalue weighted by Gasteiger charge is -2.13. The van der Waals surface area contributed by atoms with E-state index in [2.05, 4.69) is 9.88 Å². The van der Waals surface area contributed by atoms with Gasteiger partial charge in [0.25, 0.3) is 0 Å². The number of hydrogen-bond donors (Lipinski definition) is 2. The Morgan fingerprint density at radius 3 is 2.64 bits per heavy atom. The first kappa shape index (κ1) is 17.2. The summed E-state index contributed by atoms with van der Waals surface area (Å²) in [5.74, 6) is -0.217. The number of hydrogen-bond acceptors (Lipinski definition) is 4. The molecule has 2 N–H and O–H groups in total. The van der Waals surface area contributed by atoms with E-state index in [4.69, 9.17) is 4.74 Å². The maximum Gasteiger partial charge on any atom is 0.345 e. The lowest BCUT2D eigenvalue weighted by molar-refractivity contribution is -0.144. The molecule has 0 aliphatic heterocycles. The molecule has 5 nitrogen and oxygen atoms in total. The third-order valence-corrected chi connectivity index (χ3v) is 4.13. The van der Waals surface area contributed by atoms with E-state index in [0.29, 0.717) is 11.3 Å². The lowest BCUT2D eigenvalue weighted by atomic mass is 10.1. The molecule has 0 aliphatic rings. The van der Waals surface area contributed by atoms with Crippen molar-refractivity contribution in [2.45, 2.75) is 12.5 Å². The number of benzene rings is 2. The van der Waals surface area contributed by atoms with Crippen molar-refractivity contribution in [1.82, 2.24) is 9.88 Å². The summed E-state index contributed by atoms with van der Waals surface area (Å²) in [4.78, 5) is 17.7. The highest BCUT2D eigenvalue weighted by atomic mass is 16.5. The molecule has 0 amide bonds. The molecule has 0 aliphatic carbocycles. The highest BCUT2D eigenvalue weighted by Crippen LogP contribution is 2.30. The molecule has 2 aromatic carbocycles. The van der Waals surface area contributed by atoms with Gasteiger partial charge < -0.3 is 19.7 Å². The van der Waals surface area contributed by atoms with Crippen molar-refractivity contribution in [3.8, 4) is 5.75 Å². The zero-order valence-corrected chi connectivity index (χ0v) is 14.4. The Labute approximate surface area is 146 Å². The number of carbonyl (C=O) groups excluding carboxylic acids is 1. The first-order valence-electron chi connectivity index (χ1n) is 8.24. The van der Waals surface area contributed by atoms with E-state index in [1.807, 2.05) is 38.5 Å². The van der Waals surface area contributed by atoms with Crippen LogP contribution in [0.25, 0.3) is 10.9 Å². The highest BCUT2D eigenvalue weighted by molar-refractivity contribution is 5.92. The van der Waals surface area contributed by atoms with E-state index in [0.717, 1.165) is 29.4 Å². The molecule has 0 saturated carbocycles. The maximum absolute atomic E-state index is 12.4. The summed E-state index contributed by atoms with van der Waals surface area (Å²) in [5, 5.41) is 11.1. The molecule has 0 fully saturated rings. The number of esters is 1. The number of aromatic nitrogens is 1. The number of nitrogens with one attached hydrogen (secondary N) is 1. The Bertz CT molecular complexity index is 856. The van der Waals surface area contributed by atoms with Crippen LogP contribution >= 0.6 is 0 Å². The van der Waals surface area contributed by atoms with Gasteiger partial charge in [-0.05, 0) is 43.8 Å². The van der Waals surface area contributed by atoms with Crippen molar-refractivity contribution in [1.29, 1.82) is 0 Å². The average molecular weight is 338 g/mol. The minimum absolute atomic E-state index is 0.465. The lowest BCUT2D eigenvalue weighted by Crippen LogP contribution is -2.18. The number of aliphatic hydroxyl groups is 1. The molecule has 1 aromatic heterocycles. The van der Waals surface area contributed by atoms with Crippen molar-refractivity contribution in [3.63, 3.8) is 0 Å². The van der Waals surface area contributed by atoms with Crippen LogP contribution in [-0.2, 0) is 11.2 Å². The summed E-state index contributed by atoms with van der Waals surface area (Å²) in [5.41, 5.74) is 2.51. The third-order valence-electron chi connectivity index (χ3n) is 4.13. The van der Waals surface area contributed by atoms with E-state index in [1.165, 1.54) is 0 Å². The standard InChI is InChI=1S/C20H22N2O3/c1-22(2)12-11-15-13-21-16-9-6-10-17(18(15)16)25-20(24)19(23)14-7-4-3-5-8-14/h3-10,13,19,21,23H,11-12H2,1-2H3. The maximum atomic E-state index is 12.4. The minimum atomic E-state index is -1.30. The van der Waals surface area contributed by atoms with Crippen LogP contribution in [0.4, 0.5) is 0 Å². The number of ether oxygens (including phenoxy) is 1. The molecular weight excluding hydrogens is 316 g/mol. The van der Waals surface area contributed by atoms with Crippen molar-refractivity contribution >= 4 is 16.9 Å². The second-order valence-corrected chi connectivity index (χ2v) is 6.28. The Morgan fingerprint density at radius 2 is 1.92 bits per heavy atom. The quantitative estimate of drug-likeness (QED) is 0.536. The van der Waals surface area contributed by atoms with Crippen LogP contribution in [0.5, 0.6) is 5.75 Å². The van der Waals surface area contributed by atoms with Gasteiger partial charge in [0.2, 0.25) is 0 Å². The van der Waals surface area contributed by atoms with Crippen LogP contribution in [0.15, 0.2) is 54.7 Å². The topological polar surface area (TPSA) is 65.6 Å². The highest BCUT2D eigenvalue weighted by Gasteiger charge is 2.21. The van der Waals surface area contributed by atoms with Crippen molar-refractivity contribution in [2.24, 2.45) is 0 Å². The van der Waals surface area contributed by atoms with Gasteiger partial charge in [-0.3, -0.25) is 0 Å². The van der Waals surface area contributed by atoms with Gasteiger partial charge in [-0.25, -0.2) is 4.79 Å². The van der Waals surface area contributed by atoms with Gasteiger partial charge in [-0.1, -0.05) is 36.4 Å². The predicted octanol–water partition coefficient (Wildman–Crippen LogP) is 2.91. The van der Waals surface area contributed by atoms with E-state index in [9.17, 15) is 9.90 Å². The van der Waals surface area contributed by atoms with Crippen molar-refractivity contribution in [2.75, 3.05) is 20.6 Å². The first-order chi connectivity index (χ1) is 12.1. The summed E-state index contributed by atoms with van der Waals surface area (Å²) in [6.45, 7) is 0.891. The fourth-order valence-corrected chi connectivity index (χ4v) is 2.78. The second-order valence-electron chi connectivity index (χ2n) is 6.28. The number of nitrogens with zero attached hydrogens (tertiary/aromatic N) is 1. The molecule has 0 spiro atoms. The molecule has 1 unspecified atom stereocenters. The van der Waals surface area contributed by atoms with Crippen LogP contribution in [0, 0.1) is 0 Å². The van der Waals surface area contributed by atoms with Gasteiger partial charge in [0.15, 0.2) is 6.10 Å². The van der Waals surface area contributed by atoms with Crippen LogP contribution < -0.4 is 4.74 Å².